The van der Waals surface area contributed by atoms with Crippen LogP contribution in [0.15, 0.2) is 42.5 Å². The molecule has 2 aromatic rings. The van der Waals surface area contributed by atoms with Gasteiger partial charge in [-0.25, -0.2) is 4.39 Å². The summed E-state index contributed by atoms with van der Waals surface area (Å²) in [5.41, 5.74) is 0.389. The second-order valence-electron chi connectivity index (χ2n) is 4.10. The molecule has 0 fully saturated rings. The quantitative estimate of drug-likeness (QED) is 0.672. The molecular weight excluding hydrogens is 263 g/mol. The first-order chi connectivity index (χ1) is 9.61. The van der Waals surface area contributed by atoms with Crippen LogP contribution in [0.25, 0.3) is 0 Å². The lowest BCUT2D eigenvalue weighted by molar-refractivity contribution is -0.384. The number of nitrogens with one attached hydrogen (secondary N) is 1. The van der Waals surface area contributed by atoms with Crippen LogP contribution in [0.3, 0.4) is 0 Å². The van der Waals surface area contributed by atoms with Crippen molar-refractivity contribution in [2.45, 2.75) is 6.54 Å². The number of non-ortho nitro benzene ring substituents is 1. The Morgan fingerprint density at radius 1 is 1.25 bits per heavy atom. The smallest absolute Gasteiger partial charge is 0.269 e. The fourth-order valence-electron chi connectivity index (χ4n) is 1.75. The molecule has 5 nitrogen and oxygen atoms in total. The monoisotopic (exact) mass is 276 g/mol. The Hall–Kier alpha value is -2.47. The lowest BCUT2D eigenvalue weighted by Crippen LogP contribution is -2.08. The van der Waals surface area contributed by atoms with Crippen molar-refractivity contribution in [2.24, 2.45) is 0 Å². The minimum atomic E-state index is -0.488. The van der Waals surface area contributed by atoms with Gasteiger partial charge in [-0.05, 0) is 31.3 Å². The number of ether oxygens (including phenoxy) is 1. The van der Waals surface area contributed by atoms with E-state index in [4.69, 9.17) is 4.74 Å². The summed E-state index contributed by atoms with van der Waals surface area (Å²) < 4.78 is 19.3. The first kappa shape index (κ1) is 14.0. The van der Waals surface area contributed by atoms with E-state index >= 15 is 0 Å². The fraction of sp³-hybridized carbons (Fsp3) is 0.143. The van der Waals surface area contributed by atoms with Crippen LogP contribution < -0.4 is 10.1 Å². The van der Waals surface area contributed by atoms with Crippen LogP contribution in [-0.4, -0.2) is 12.0 Å². The topological polar surface area (TPSA) is 64.4 Å². The van der Waals surface area contributed by atoms with Gasteiger partial charge >= 0.3 is 0 Å². The first-order valence-corrected chi connectivity index (χ1v) is 5.96. The Kier molecular flexibility index (Phi) is 4.27. The summed E-state index contributed by atoms with van der Waals surface area (Å²) in [7, 11) is 1.71. The molecule has 0 heterocycles. The van der Waals surface area contributed by atoms with Gasteiger partial charge in [0.2, 0.25) is 0 Å². The van der Waals surface area contributed by atoms with Crippen molar-refractivity contribution >= 4 is 5.69 Å². The summed E-state index contributed by atoms with van der Waals surface area (Å²) >= 11 is 0. The third-order valence-corrected chi connectivity index (χ3v) is 2.70. The highest BCUT2D eigenvalue weighted by atomic mass is 19.1. The van der Waals surface area contributed by atoms with Crippen molar-refractivity contribution < 1.29 is 14.1 Å². The molecule has 0 bridgehead atoms. The molecule has 6 heteroatoms. The average molecular weight is 276 g/mol. The van der Waals surface area contributed by atoms with Gasteiger partial charge in [-0.1, -0.05) is 6.07 Å². The lowest BCUT2D eigenvalue weighted by atomic mass is 10.2. The van der Waals surface area contributed by atoms with Crippen molar-refractivity contribution in [1.82, 2.24) is 5.32 Å². The molecule has 0 aliphatic rings. The van der Waals surface area contributed by atoms with Crippen LogP contribution in [0, 0.1) is 15.9 Å². The molecule has 2 rings (SSSR count). The molecule has 0 aromatic heterocycles. The Morgan fingerprint density at radius 2 is 1.95 bits per heavy atom. The van der Waals surface area contributed by atoms with Crippen LogP contribution in [0.2, 0.25) is 0 Å². The SMILES string of the molecule is CNCc1c(F)cccc1Oc1ccc([N+](=O)[O-])cc1. The van der Waals surface area contributed by atoms with Gasteiger partial charge in [0, 0.05) is 24.2 Å². The van der Waals surface area contributed by atoms with Crippen molar-refractivity contribution in [2.75, 3.05) is 7.05 Å². The largest absolute Gasteiger partial charge is 0.457 e. The fourth-order valence-corrected chi connectivity index (χ4v) is 1.75. The molecule has 0 radical (unpaired) electrons. The number of hydrogen-bond acceptors (Lipinski definition) is 4. The number of benzene rings is 2. The minimum absolute atomic E-state index is 0.0213. The minimum Gasteiger partial charge on any atom is -0.457 e. The van der Waals surface area contributed by atoms with E-state index in [0.717, 1.165) is 0 Å². The molecule has 0 atom stereocenters. The van der Waals surface area contributed by atoms with E-state index in [0.29, 0.717) is 23.6 Å². The van der Waals surface area contributed by atoms with E-state index in [1.807, 2.05) is 0 Å². The Morgan fingerprint density at radius 3 is 2.55 bits per heavy atom. The van der Waals surface area contributed by atoms with Crippen molar-refractivity contribution in [3.8, 4) is 11.5 Å². The summed E-state index contributed by atoms with van der Waals surface area (Å²) in [6, 6.07) is 10.2. The number of nitro groups is 1. The summed E-state index contributed by atoms with van der Waals surface area (Å²) in [6.45, 7) is 0.328. The molecular formula is C14H13FN2O3. The van der Waals surface area contributed by atoms with E-state index in [9.17, 15) is 14.5 Å². The molecule has 1 N–H and O–H groups in total. The highest BCUT2D eigenvalue weighted by Gasteiger charge is 2.10. The Labute approximate surface area is 115 Å². The number of nitrogens with zero attached hydrogens (tertiary/aromatic N) is 1. The van der Waals surface area contributed by atoms with Gasteiger partial charge < -0.3 is 10.1 Å². The second kappa shape index (κ2) is 6.12. The Balaban J connectivity index is 2.25. The van der Waals surface area contributed by atoms with Gasteiger partial charge in [-0.2, -0.15) is 0 Å². The van der Waals surface area contributed by atoms with Gasteiger partial charge in [0.25, 0.3) is 5.69 Å². The average Bonchev–Trinajstić information content (AvgIpc) is 2.43. The zero-order chi connectivity index (χ0) is 14.5. The van der Waals surface area contributed by atoms with E-state index in [2.05, 4.69) is 5.32 Å². The third kappa shape index (κ3) is 3.10. The molecule has 0 aliphatic carbocycles. The van der Waals surface area contributed by atoms with Crippen LogP contribution in [0.4, 0.5) is 10.1 Å². The molecule has 0 unspecified atom stereocenters. The van der Waals surface area contributed by atoms with Gasteiger partial charge in [0.05, 0.1) is 4.92 Å². The van der Waals surface area contributed by atoms with Gasteiger partial charge in [0.15, 0.2) is 0 Å². The van der Waals surface area contributed by atoms with Gasteiger partial charge in [-0.3, -0.25) is 10.1 Å². The van der Waals surface area contributed by atoms with Gasteiger partial charge in [0.1, 0.15) is 17.3 Å². The van der Waals surface area contributed by atoms with Crippen LogP contribution in [0.1, 0.15) is 5.56 Å². The molecule has 20 heavy (non-hydrogen) atoms. The maximum Gasteiger partial charge on any atom is 0.269 e. The third-order valence-electron chi connectivity index (χ3n) is 2.70. The number of hydrogen-bond donors (Lipinski definition) is 1. The number of halogens is 1. The van der Waals surface area contributed by atoms with Crippen molar-refractivity contribution in [3.63, 3.8) is 0 Å². The van der Waals surface area contributed by atoms with E-state index in [1.54, 1.807) is 19.2 Å². The lowest BCUT2D eigenvalue weighted by Gasteiger charge is -2.11. The van der Waals surface area contributed by atoms with Crippen LogP contribution in [0.5, 0.6) is 11.5 Å². The maximum absolute atomic E-state index is 13.7. The highest BCUT2D eigenvalue weighted by Crippen LogP contribution is 2.28. The van der Waals surface area contributed by atoms with Gasteiger partial charge in [-0.15, -0.1) is 0 Å². The zero-order valence-corrected chi connectivity index (χ0v) is 10.8. The number of rotatable bonds is 5. The summed E-state index contributed by atoms with van der Waals surface area (Å²) in [5.74, 6) is 0.436. The normalized spacial score (nSPS) is 10.3. The maximum atomic E-state index is 13.7. The Bertz CT molecular complexity index is 614. The standard InChI is InChI=1S/C14H13FN2O3/c1-16-9-12-13(15)3-2-4-14(12)20-11-7-5-10(6-8-11)17(18)19/h2-8,16H,9H2,1H3. The van der Waals surface area contributed by atoms with E-state index in [1.165, 1.54) is 30.3 Å². The molecule has 0 saturated carbocycles. The highest BCUT2D eigenvalue weighted by molar-refractivity contribution is 5.41. The second-order valence-corrected chi connectivity index (χ2v) is 4.10. The first-order valence-electron chi connectivity index (χ1n) is 5.96. The summed E-state index contributed by atoms with van der Waals surface area (Å²) in [4.78, 5) is 10.1. The predicted octanol–water partition coefficient (Wildman–Crippen LogP) is 3.25. The zero-order valence-electron chi connectivity index (χ0n) is 10.8. The molecule has 0 spiro atoms. The summed E-state index contributed by atoms with van der Waals surface area (Å²) in [5, 5.41) is 13.4. The van der Waals surface area contributed by atoms with Crippen LogP contribution >= 0.6 is 0 Å². The molecule has 0 saturated heterocycles. The summed E-state index contributed by atoms with van der Waals surface area (Å²) in [6.07, 6.45) is 0. The molecule has 104 valence electrons. The van der Waals surface area contributed by atoms with Crippen molar-refractivity contribution in [3.05, 3.63) is 64.0 Å². The predicted molar refractivity (Wildman–Crippen MR) is 72.3 cm³/mol. The number of nitro benzene ring substituents is 1. The van der Waals surface area contributed by atoms with E-state index in [-0.39, 0.29) is 11.5 Å². The van der Waals surface area contributed by atoms with E-state index < -0.39 is 4.92 Å². The molecule has 0 amide bonds. The molecule has 2 aromatic carbocycles. The van der Waals surface area contributed by atoms with Crippen LogP contribution in [-0.2, 0) is 6.54 Å². The van der Waals surface area contributed by atoms with Crippen molar-refractivity contribution in [1.29, 1.82) is 0 Å². The molecule has 0 aliphatic heterocycles.